The molecule has 1 unspecified atom stereocenters. The first kappa shape index (κ1) is 32.0. The Kier molecular flexibility index (Phi) is 20.7. The molecule has 1 fully saturated rings. The molecule has 24 heavy (non-hydrogen) atoms. The van der Waals surface area contributed by atoms with E-state index in [9.17, 15) is 51.8 Å². The molecule has 0 aliphatic carbocycles. The molecule has 1 atom stereocenters. The molecule has 0 bridgehead atoms. The van der Waals surface area contributed by atoms with Gasteiger partial charge in [-0.15, -0.1) is 0 Å². The summed E-state index contributed by atoms with van der Waals surface area (Å²) >= 11 is 0. The van der Waals surface area contributed by atoms with Crippen molar-refractivity contribution in [1.82, 2.24) is 0 Å². The van der Waals surface area contributed by atoms with Crippen molar-refractivity contribution in [2.75, 3.05) is 20.3 Å². The zero-order valence-corrected chi connectivity index (χ0v) is 14.5. The van der Waals surface area contributed by atoms with Gasteiger partial charge in [0.15, 0.2) is 0 Å². The van der Waals surface area contributed by atoms with Crippen molar-refractivity contribution in [3.05, 3.63) is 0 Å². The first-order valence-corrected chi connectivity index (χ1v) is 5.66. The van der Waals surface area contributed by atoms with Crippen LogP contribution in [0.2, 0.25) is 0 Å². The summed E-state index contributed by atoms with van der Waals surface area (Å²) in [7, 11) is -16.3. The zero-order chi connectivity index (χ0) is 19.3. The summed E-state index contributed by atoms with van der Waals surface area (Å²) in [6, 6.07) is 0. The van der Waals surface area contributed by atoms with Gasteiger partial charge in [0.05, 0.1) is 12.7 Å². The fourth-order valence-corrected chi connectivity index (χ4v) is 0.962. The molecule has 0 N–H and O–H groups in total. The summed E-state index contributed by atoms with van der Waals surface area (Å²) in [4.78, 5) is 0. The van der Waals surface area contributed by atoms with Crippen LogP contribution in [0, 0.1) is 0 Å². The minimum atomic E-state index is -6.00. The van der Waals surface area contributed by atoms with E-state index in [2.05, 4.69) is 0 Å². The van der Waals surface area contributed by atoms with E-state index in [1.165, 1.54) is 12.8 Å². The molecule has 0 aromatic carbocycles. The average Bonchev–Trinajstić information content (AvgIpc) is 2.62. The minimum absolute atomic E-state index is 0. The minimum Gasteiger partial charge on any atom is -1.00 e. The predicted molar refractivity (Wildman–Crippen MR) is 62.5 cm³/mol. The third-order valence-corrected chi connectivity index (χ3v) is 1.38. The van der Waals surface area contributed by atoms with Gasteiger partial charge in [-0.05, 0) is 12.8 Å². The van der Waals surface area contributed by atoms with Crippen molar-refractivity contribution < 1.29 is 92.2 Å². The SMILES string of the molecule is COCC1CCCO1.F[B-](F)(F)F.F[B-](F)(F)F.F[B-](F)(F)F.[H-].[Na+]. The molecule has 0 radical (unpaired) electrons. The van der Waals surface area contributed by atoms with Gasteiger partial charge in [0.1, 0.15) is 0 Å². The summed E-state index contributed by atoms with van der Waals surface area (Å²) in [6.45, 7) is 1.69. The quantitative estimate of drug-likeness (QED) is 0.520. The van der Waals surface area contributed by atoms with Gasteiger partial charge in [-0.3, -0.25) is 0 Å². The van der Waals surface area contributed by atoms with Gasteiger partial charge in [0.25, 0.3) is 0 Å². The molecular weight excluding hydrogens is 387 g/mol. The molecule has 1 aliphatic rings. The van der Waals surface area contributed by atoms with Gasteiger partial charge in [0, 0.05) is 13.7 Å². The van der Waals surface area contributed by atoms with Crippen molar-refractivity contribution in [1.29, 1.82) is 0 Å². The Balaban J connectivity index is -0.0000000714. The van der Waals surface area contributed by atoms with Crippen molar-refractivity contribution in [3.63, 3.8) is 0 Å². The van der Waals surface area contributed by atoms with Crippen LogP contribution in [0.5, 0.6) is 0 Å². The van der Waals surface area contributed by atoms with Gasteiger partial charge < -0.3 is 62.7 Å². The maximum Gasteiger partial charge on any atom is 1.00 e. The van der Waals surface area contributed by atoms with Gasteiger partial charge in [-0.25, -0.2) is 0 Å². The number of ether oxygens (including phenoxy) is 2. The standard InChI is InChI=1S/C6H12O2.3BF4.Na.H/c1-7-5-6-3-2-4-8-6;3*2-1(3,4)5;;/h6H,2-5H2,1H3;;;;;/q;3*-1;+1;-1. The molecule has 0 amide bonds. The Labute approximate surface area is 153 Å². The number of hydrogen-bond acceptors (Lipinski definition) is 2. The predicted octanol–water partition coefficient (Wildman–Crippen LogP) is 1.83. The number of rotatable bonds is 2. The van der Waals surface area contributed by atoms with E-state index in [0.717, 1.165) is 13.2 Å². The Bertz CT molecular complexity index is 227. The molecule has 1 saturated heterocycles. The molecule has 2 nitrogen and oxygen atoms in total. The normalized spacial score (nSPS) is 17.1. The Morgan fingerprint density at radius 3 is 1.29 bits per heavy atom. The second-order valence-corrected chi connectivity index (χ2v) is 3.57. The maximum absolute atomic E-state index is 9.75. The monoisotopic (exact) mass is 401 g/mol. The molecule has 1 rings (SSSR count). The summed E-state index contributed by atoms with van der Waals surface area (Å²) in [5.41, 5.74) is 0. The number of methoxy groups -OCH3 is 1. The van der Waals surface area contributed by atoms with Crippen molar-refractivity contribution in [3.8, 4) is 0 Å². The van der Waals surface area contributed by atoms with E-state index in [1.54, 1.807) is 7.11 Å². The van der Waals surface area contributed by atoms with Crippen LogP contribution in [-0.4, -0.2) is 48.2 Å². The molecule has 0 spiro atoms. The zero-order valence-electron chi connectivity index (χ0n) is 13.5. The van der Waals surface area contributed by atoms with Gasteiger partial charge in [-0.1, -0.05) is 0 Å². The summed E-state index contributed by atoms with van der Waals surface area (Å²) in [6.07, 6.45) is 2.77. The molecule has 0 saturated carbocycles. The van der Waals surface area contributed by atoms with Gasteiger partial charge in [0.2, 0.25) is 0 Å². The Morgan fingerprint density at radius 1 is 0.833 bits per heavy atom. The van der Waals surface area contributed by atoms with Crippen LogP contribution in [-0.2, 0) is 9.47 Å². The van der Waals surface area contributed by atoms with Crippen molar-refractivity contribution in [2.24, 2.45) is 0 Å². The van der Waals surface area contributed by atoms with E-state index >= 15 is 0 Å². The topological polar surface area (TPSA) is 18.5 Å². The number of halogens is 12. The first-order chi connectivity index (χ1) is 9.93. The fraction of sp³-hybridized carbons (Fsp3) is 1.00. The molecule has 146 valence electrons. The third-order valence-electron chi connectivity index (χ3n) is 1.38. The second kappa shape index (κ2) is 15.5. The largest absolute Gasteiger partial charge is 1.00 e. The summed E-state index contributed by atoms with van der Waals surface area (Å²) in [5.74, 6) is 0. The summed E-state index contributed by atoms with van der Waals surface area (Å²) in [5, 5.41) is 0. The van der Waals surface area contributed by atoms with Crippen LogP contribution >= 0.6 is 0 Å². The van der Waals surface area contributed by atoms with Gasteiger partial charge >= 0.3 is 51.3 Å². The maximum atomic E-state index is 9.75. The third kappa shape index (κ3) is 95.5. The van der Waals surface area contributed by atoms with E-state index in [0.29, 0.717) is 6.10 Å². The molecule has 0 aromatic heterocycles. The van der Waals surface area contributed by atoms with Crippen LogP contribution in [0.4, 0.5) is 51.8 Å². The van der Waals surface area contributed by atoms with Crippen LogP contribution in [0.15, 0.2) is 0 Å². The van der Waals surface area contributed by atoms with Crippen LogP contribution < -0.4 is 29.6 Å². The Morgan fingerprint density at radius 2 is 1.12 bits per heavy atom. The van der Waals surface area contributed by atoms with Crippen molar-refractivity contribution in [2.45, 2.75) is 18.9 Å². The number of hydrogen-bond donors (Lipinski definition) is 0. The van der Waals surface area contributed by atoms with Gasteiger partial charge in [-0.2, -0.15) is 0 Å². The average molecular weight is 401 g/mol. The molecule has 18 heteroatoms. The first-order valence-electron chi connectivity index (χ1n) is 5.66. The van der Waals surface area contributed by atoms with E-state index in [1.807, 2.05) is 0 Å². The molecule has 1 heterocycles. The van der Waals surface area contributed by atoms with Crippen molar-refractivity contribution >= 4 is 21.8 Å². The van der Waals surface area contributed by atoms with E-state index in [4.69, 9.17) is 9.47 Å². The molecular formula is C6H13B3F12NaO2-3. The molecule has 1 aliphatic heterocycles. The van der Waals surface area contributed by atoms with E-state index in [-0.39, 0.29) is 31.0 Å². The second-order valence-electron chi connectivity index (χ2n) is 3.57. The fourth-order valence-electron chi connectivity index (χ4n) is 0.962. The van der Waals surface area contributed by atoms with Crippen LogP contribution in [0.1, 0.15) is 14.3 Å². The van der Waals surface area contributed by atoms with Crippen LogP contribution in [0.25, 0.3) is 0 Å². The van der Waals surface area contributed by atoms with Crippen LogP contribution in [0.3, 0.4) is 0 Å². The van der Waals surface area contributed by atoms with E-state index < -0.39 is 21.8 Å². The molecule has 0 aromatic rings. The summed E-state index contributed by atoms with van der Waals surface area (Å²) < 4.78 is 127. The smallest absolute Gasteiger partial charge is 1.00 e. The Hall–Kier alpha value is 0.275.